The Hall–Kier alpha value is -2.80. The number of nitrogens with one attached hydrogen (secondary N) is 1. The predicted molar refractivity (Wildman–Crippen MR) is 90.2 cm³/mol. The standard InChI is InChI=1S/C16H16ClN5O2/c1-11-15(9-21(2)20-11)16(23)19-13-7-18-22(8-13)10-24-14-5-3-4-12(17)6-14/h3-9H,10H2,1-2H3,(H,19,23). The van der Waals surface area contributed by atoms with Crippen molar-refractivity contribution in [3.63, 3.8) is 0 Å². The van der Waals surface area contributed by atoms with Gasteiger partial charge in [0.25, 0.3) is 5.91 Å². The van der Waals surface area contributed by atoms with Crippen molar-refractivity contribution in [3.8, 4) is 5.75 Å². The van der Waals surface area contributed by atoms with Crippen molar-refractivity contribution in [2.45, 2.75) is 13.7 Å². The Labute approximate surface area is 143 Å². The molecule has 0 fully saturated rings. The minimum absolute atomic E-state index is 0.210. The third-order valence-corrected chi connectivity index (χ3v) is 3.54. The van der Waals surface area contributed by atoms with Gasteiger partial charge in [0, 0.05) is 18.3 Å². The molecule has 0 saturated heterocycles. The van der Waals surface area contributed by atoms with Crippen molar-refractivity contribution in [1.82, 2.24) is 19.6 Å². The van der Waals surface area contributed by atoms with Gasteiger partial charge >= 0.3 is 0 Å². The lowest BCUT2D eigenvalue weighted by Gasteiger charge is -2.06. The van der Waals surface area contributed by atoms with Crippen LogP contribution < -0.4 is 10.1 Å². The number of halogens is 1. The fraction of sp³-hybridized carbons (Fsp3) is 0.188. The Kier molecular flexibility index (Phi) is 4.52. The van der Waals surface area contributed by atoms with E-state index >= 15 is 0 Å². The fourth-order valence-electron chi connectivity index (χ4n) is 2.22. The van der Waals surface area contributed by atoms with Gasteiger partial charge in [-0.25, -0.2) is 4.68 Å². The van der Waals surface area contributed by atoms with Crippen LogP contribution in [-0.4, -0.2) is 25.5 Å². The number of carbonyl (C=O) groups is 1. The third kappa shape index (κ3) is 3.75. The number of hydrogen-bond acceptors (Lipinski definition) is 4. The lowest BCUT2D eigenvalue weighted by molar-refractivity contribution is 0.102. The van der Waals surface area contributed by atoms with Gasteiger partial charge in [0.2, 0.25) is 0 Å². The van der Waals surface area contributed by atoms with Crippen LogP contribution in [0.1, 0.15) is 16.1 Å². The summed E-state index contributed by atoms with van der Waals surface area (Å²) >= 11 is 5.90. The van der Waals surface area contributed by atoms with E-state index in [9.17, 15) is 4.79 Å². The summed E-state index contributed by atoms with van der Waals surface area (Å²) in [6.07, 6.45) is 4.93. The lowest BCUT2D eigenvalue weighted by atomic mass is 10.2. The fourth-order valence-corrected chi connectivity index (χ4v) is 2.40. The number of amides is 1. The van der Waals surface area contributed by atoms with E-state index in [1.807, 2.05) is 12.1 Å². The third-order valence-electron chi connectivity index (χ3n) is 3.31. The molecule has 0 saturated carbocycles. The zero-order valence-corrected chi connectivity index (χ0v) is 14.0. The minimum atomic E-state index is -0.226. The molecule has 0 aliphatic carbocycles. The Balaban J connectivity index is 1.61. The van der Waals surface area contributed by atoms with E-state index in [-0.39, 0.29) is 12.6 Å². The number of benzene rings is 1. The first-order chi connectivity index (χ1) is 11.5. The van der Waals surface area contributed by atoms with Gasteiger partial charge < -0.3 is 10.1 Å². The van der Waals surface area contributed by atoms with Crippen molar-refractivity contribution >= 4 is 23.2 Å². The summed E-state index contributed by atoms with van der Waals surface area (Å²) < 4.78 is 8.77. The molecule has 124 valence electrons. The van der Waals surface area contributed by atoms with Crippen LogP contribution in [0.25, 0.3) is 0 Å². The zero-order valence-electron chi connectivity index (χ0n) is 13.2. The molecule has 1 N–H and O–H groups in total. The molecule has 0 atom stereocenters. The minimum Gasteiger partial charge on any atom is -0.471 e. The van der Waals surface area contributed by atoms with Crippen molar-refractivity contribution < 1.29 is 9.53 Å². The monoisotopic (exact) mass is 345 g/mol. The molecular weight excluding hydrogens is 330 g/mol. The van der Waals surface area contributed by atoms with E-state index in [1.54, 1.807) is 54.1 Å². The van der Waals surface area contributed by atoms with E-state index in [0.717, 1.165) is 0 Å². The zero-order chi connectivity index (χ0) is 17.1. The highest BCUT2D eigenvalue weighted by Crippen LogP contribution is 2.17. The van der Waals surface area contributed by atoms with Crippen LogP contribution in [0.5, 0.6) is 5.75 Å². The number of hydrogen-bond donors (Lipinski definition) is 1. The number of rotatable bonds is 5. The Bertz CT molecular complexity index is 871. The summed E-state index contributed by atoms with van der Waals surface area (Å²) in [5.41, 5.74) is 1.78. The second kappa shape index (κ2) is 6.76. The molecule has 7 nitrogen and oxygen atoms in total. The van der Waals surface area contributed by atoms with E-state index in [1.165, 1.54) is 0 Å². The molecule has 8 heteroatoms. The van der Waals surface area contributed by atoms with Crippen molar-refractivity contribution in [3.05, 3.63) is 59.1 Å². The molecule has 0 spiro atoms. The molecule has 2 aromatic heterocycles. The van der Waals surface area contributed by atoms with Gasteiger partial charge in [-0.1, -0.05) is 17.7 Å². The van der Waals surface area contributed by atoms with Crippen LogP contribution in [-0.2, 0) is 13.8 Å². The van der Waals surface area contributed by atoms with Gasteiger partial charge in [-0.05, 0) is 25.1 Å². The van der Waals surface area contributed by atoms with Crippen LogP contribution in [0, 0.1) is 6.92 Å². The van der Waals surface area contributed by atoms with Gasteiger partial charge in [0.1, 0.15) is 5.75 Å². The topological polar surface area (TPSA) is 74.0 Å². The average Bonchev–Trinajstić information content (AvgIpc) is 3.11. The first kappa shape index (κ1) is 16.1. The van der Waals surface area contributed by atoms with E-state index in [0.29, 0.717) is 27.7 Å². The number of aryl methyl sites for hydroxylation is 2. The molecule has 0 unspecified atom stereocenters. The lowest BCUT2D eigenvalue weighted by Crippen LogP contribution is -2.12. The van der Waals surface area contributed by atoms with Crippen LogP contribution >= 0.6 is 11.6 Å². The van der Waals surface area contributed by atoms with Gasteiger partial charge in [0.05, 0.1) is 29.3 Å². The highest BCUT2D eigenvalue weighted by Gasteiger charge is 2.13. The quantitative estimate of drug-likeness (QED) is 0.771. The molecule has 3 aromatic rings. The van der Waals surface area contributed by atoms with Crippen molar-refractivity contribution in [2.75, 3.05) is 5.32 Å². The molecule has 0 aliphatic rings. The second-order valence-electron chi connectivity index (χ2n) is 5.26. The summed E-state index contributed by atoms with van der Waals surface area (Å²) in [6, 6.07) is 7.11. The maximum absolute atomic E-state index is 12.2. The molecule has 1 aromatic carbocycles. The molecule has 1 amide bonds. The van der Waals surface area contributed by atoms with Gasteiger partial charge in [-0.15, -0.1) is 0 Å². The van der Waals surface area contributed by atoms with E-state index < -0.39 is 0 Å². The molecular formula is C16H16ClN5O2. The molecule has 0 bridgehead atoms. The first-order valence-electron chi connectivity index (χ1n) is 7.23. The number of carbonyl (C=O) groups excluding carboxylic acids is 1. The van der Waals surface area contributed by atoms with Crippen molar-refractivity contribution in [1.29, 1.82) is 0 Å². The van der Waals surface area contributed by atoms with E-state index in [2.05, 4.69) is 15.5 Å². The Morgan fingerprint density at radius 2 is 2.21 bits per heavy atom. The second-order valence-corrected chi connectivity index (χ2v) is 5.69. The number of anilines is 1. The van der Waals surface area contributed by atoms with Crippen molar-refractivity contribution in [2.24, 2.45) is 7.05 Å². The average molecular weight is 346 g/mol. The smallest absolute Gasteiger partial charge is 0.259 e. The Morgan fingerprint density at radius 1 is 1.38 bits per heavy atom. The maximum atomic E-state index is 12.2. The molecule has 3 rings (SSSR count). The van der Waals surface area contributed by atoms with Gasteiger partial charge in [0.15, 0.2) is 6.73 Å². The number of ether oxygens (including phenoxy) is 1. The highest BCUT2D eigenvalue weighted by molar-refractivity contribution is 6.30. The number of nitrogens with zero attached hydrogens (tertiary/aromatic N) is 4. The highest BCUT2D eigenvalue weighted by atomic mass is 35.5. The summed E-state index contributed by atoms with van der Waals surface area (Å²) in [5.74, 6) is 0.422. The molecule has 0 aliphatic heterocycles. The summed E-state index contributed by atoms with van der Waals surface area (Å²) in [5, 5.41) is 11.7. The summed E-state index contributed by atoms with van der Waals surface area (Å²) in [4.78, 5) is 12.2. The van der Waals surface area contributed by atoms with Crippen LogP contribution in [0.2, 0.25) is 5.02 Å². The van der Waals surface area contributed by atoms with Gasteiger partial charge in [-0.2, -0.15) is 10.2 Å². The normalized spacial score (nSPS) is 10.6. The van der Waals surface area contributed by atoms with Crippen LogP contribution in [0.3, 0.4) is 0 Å². The summed E-state index contributed by atoms with van der Waals surface area (Å²) in [7, 11) is 1.77. The SMILES string of the molecule is Cc1nn(C)cc1C(=O)Nc1cnn(COc2cccc(Cl)c2)c1. The largest absolute Gasteiger partial charge is 0.471 e. The summed E-state index contributed by atoms with van der Waals surface area (Å²) in [6.45, 7) is 2.00. The Morgan fingerprint density at radius 3 is 2.92 bits per heavy atom. The van der Waals surface area contributed by atoms with Crippen LogP contribution in [0.4, 0.5) is 5.69 Å². The van der Waals surface area contributed by atoms with Crippen LogP contribution in [0.15, 0.2) is 42.9 Å². The first-order valence-corrected chi connectivity index (χ1v) is 7.61. The molecule has 2 heterocycles. The number of aromatic nitrogens is 4. The molecule has 0 radical (unpaired) electrons. The maximum Gasteiger partial charge on any atom is 0.259 e. The molecule has 24 heavy (non-hydrogen) atoms. The van der Waals surface area contributed by atoms with E-state index in [4.69, 9.17) is 16.3 Å². The van der Waals surface area contributed by atoms with Gasteiger partial charge in [-0.3, -0.25) is 9.48 Å². The predicted octanol–water partition coefficient (Wildman–Crippen LogP) is 2.87.